The zero-order chi connectivity index (χ0) is 31.4. The fraction of sp³-hybridized carbons (Fsp3) is 0.812. The van der Waals surface area contributed by atoms with Crippen LogP contribution in [0.1, 0.15) is 116 Å². The number of benzene rings is 1. The number of hydrogen-bond donors (Lipinski definition) is 0. The Morgan fingerprint density at radius 2 is 0.875 bits per heavy atom. The van der Waals surface area contributed by atoms with Crippen LogP contribution < -0.4 is 0 Å². The molecule has 1 fully saturated rings. The fourth-order valence-electron chi connectivity index (χ4n) is 12.2. The Bertz CT molecular complexity index is 954. The summed E-state index contributed by atoms with van der Waals surface area (Å²) in [4.78, 5) is 0. The van der Waals surface area contributed by atoms with Gasteiger partial charge in [0.15, 0.2) is 13.1 Å². The second kappa shape index (κ2) is 11.7. The standard InChI is InChI=1S/C32H61F3OSi4/c1-22(2)37(23(3)4)31(32(33,34)35,30-20-18-17-19-21-30)36-38(24(5)6,25(7)8)40(28(13)14,29(15)16)39(37,26(9)10)27(11)12/h17-29H,1-16H3. The first kappa shape index (κ1) is 36.0. The van der Waals surface area contributed by atoms with Crippen molar-refractivity contribution < 1.29 is 17.6 Å². The molecule has 0 N–H and O–H groups in total. The highest BCUT2D eigenvalue weighted by Gasteiger charge is 2.91. The van der Waals surface area contributed by atoms with Crippen molar-refractivity contribution in [3.63, 3.8) is 0 Å². The normalized spacial score (nSPS) is 24.5. The van der Waals surface area contributed by atoms with Gasteiger partial charge in [-0.15, -0.1) is 0 Å². The summed E-state index contributed by atoms with van der Waals surface area (Å²) in [6.07, 6.45) is -4.51. The van der Waals surface area contributed by atoms with Crippen LogP contribution in [0, 0.1) is 0 Å². The van der Waals surface area contributed by atoms with Gasteiger partial charge in [-0.2, -0.15) is 13.2 Å². The molecule has 2 rings (SSSR count). The first-order valence-electron chi connectivity index (χ1n) is 15.9. The topological polar surface area (TPSA) is 9.23 Å². The van der Waals surface area contributed by atoms with Gasteiger partial charge in [-0.25, -0.2) is 0 Å². The maximum Gasteiger partial charge on any atom is 0.417 e. The summed E-state index contributed by atoms with van der Waals surface area (Å²) < 4.78 is 58.3. The van der Waals surface area contributed by atoms with Crippen molar-refractivity contribution >= 4 is 29.6 Å². The van der Waals surface area contributed by atoms with E-state index in [1.54, 1.807) is 12.1 Å². The molecule has 0 amide bonds. The summed E-state index contributed by atoms with van der Waals surface area (Å²) in [5, 5.41) is -2.22. The molecule has 0 aromatic heterocycles. The number of alkyl halides is 3. The van der Waals surface area contributed by atoms with Gasteiger partial charge in [0, 0.05) is 0 Å². The average Bonchev–Trinajstić information content (AvgIpc) is 2.80. The summed E-state index contributed by atoms with van der Waals surface area (Å²) in [5.41, 5.74) is 1.69. The lowest BCUT2D eigenvalue weighted by molar-refractivity contribution is -0.228. The molecule has 1 aromatic carbocycles. The van der Waals surface area contributed by atoms with E-state index >= 15 is 13.2 Å². The monoisotopic (exact) mass is 630 g/mol. The molecule has 232 valence electrons. The lowest BCUT2D eigenvalue weighted by atomic mass is 10.1. The van der Waals surface area contributed by atoms with E-state index in [4.69, 9.17) is 4.43 Å². The highest BCUT2D eigenvalue weighted by Crippen LogP contribution is 2.74. The van der Waals surface area contributed by atoms with Gasteiger partial charge >= 0.3 is 6.18 Å². The van der Waals surface area contributed by atoms with Crippen LogP contribution in [-0.2, 0) is 9.65 Å². The van der Waals surface area contributed by atoms with Gasteiger partial charge in [-0.05, 0) is 27.7 Å². The molecule has 1 aromatic rings. The van der Waals surface area contributed by atoms with E-state index in [0.29, 0.717) is 16.6 Å². The largest absolute Gasteiger partial charge is 0.417 e. The van der Waals surface area contributed by atoms with Crippen LogP contribution >= 0.6 is 0 Å². The molecule has 1 aliphatic rings. The molecule has 1 aliphatic heterocycles. The Kier molecular flexibility index (Phi) is 10.6. The van der Waals surface area contributed by atoms with Crippen molar-refractivity contribution in [2.75, 3.05) is 0 Å². The second-order valence-electron chi connectivity index (χ2n) is 15.3. The van der Waals surface area contributed by atoms with Crippen LogP contribution in [0.4, 0.5) is 13.2 Å². The van der Waals surface area contributed by atoms with Gasteiger partial charge in [0.25, 0.3) is 0 Å². The molecule has 1 unspecified atom stereocenters. The lowest BCUT2D eigenvalue weighted by Crippen LogP contribution is -3.01. The van der Waals surface area contributed by atoms with E-state index in [1.165, 1.54) is 0 Å². The van der Waals surface area contributed by atoms with E-state index in [0.717, 1.165) is 0 Å². The maximum absolute atomic E-state index is 16.9. The van der Waals surface area contributed by atoms with Crippen LogP contribution in [0.5, 0.6) is 0 Å². The predicted molar refractivity (Wildman–Crippen MR) is 179 cm³/mol. The third-order valence-electron chi connectivity index (χ3n) is 11.7. The lowest BCUT2D eigenvalue weighted by Gasteiger charge is -2.80. The van der Waals surface area contributed by atoms with Crippen molar-refractivity contribution in [3.8, 4) is 0 Å². The summed E-state index contributed by atoms with van der Waals surface area (Å²) in [6, 6.07) is 9.05. The minimum Gasteiger partial charge on any atom is -0.405 e. The highest BCUT2D eigenvalue weighted by molar-refractivity contribution is 7.86. The average molecular weight is 631 g/mol. The van der Waals surface area contributed by atoms with Crippen molar-refractivity contribution in [1.29, 1.82) is 0 Å². The highest BCUT2D eigenvalue weighted by atomic mass is 29.8. The Labute approximate surface area is 249 Å². The van der Waals surface area contributed by atoms with Gasteiger partial charge < -0.3 is 4.43 Å². The van der Waals surface area contributed by atoms with Crippen LogP contribution in [0.2, 0.25) is 44.3 Å². The molecule has 0 aliphatic carbocycles. The van der Waals surface area contributed by atoms with Gasteiger partial charge in [0.1, 0.15) is 7.59 Å². The molecular formula is C32H61F3OSi4. The number of halogens is 3. The maximum atomic E-state index is 16.9. The van der Waals surface area contributed by atoms with Gasteiger partial charge in [-0.3, -0.25) is 0 Å². The van der Waals surface area contributed by atoms with Crippen molar-refractivity contribution in [1.82, 2.24) is 0 Å². The zero-order valence-corrected chi connectivity index (χ0v) is 32.5. The molecule has 1 saturated heterocycles. The molecular weight excluding hydrogens is 570 g/mol. The van der Waals surface area contributed by atoms with Crippen LogP contribution in [-0.4, -0.2) is 35.8 Å². The summed E-state index contributed by atoms with van der Waals surface area (Å²) in [6.45, 7) is 36.8. The fourth-order valence-corrected chi connectivity index (χ4v) is 124. The van der Waals surface area contributed by atoms with Crippen LogP contribution in [0.3, 0.4) is 0 Å². The smallest absolute Gasteiger partial charge is 0.405 e. The molecule has 0 radical (unpaired) electrons. The summed E-state index contributed by atoms with van der Waals surface area (Å²) in [7, 11) is -12.0. The van der Waals surface area contributed by atoms with E-state index < -0.39 is 41.0 Å². The van der Waals surface area contributed by atoms with Crippen molar-refractivity contribution in [2.45, 2.75) is 167 Å². The van der Waals surface area contributed by atoms with Crippen molar-refractivity contribution in [2.24, 2.45) is 0 Å². The zero-order valence-electron chi connectivity index (χ0n) is 28.5. The molecule has 0 bridgehead atoms. The second-order valence-corrected chi connectivity index (χ2v) is 50.0. The van der Waals surface area contributed by atoms with E-state index in [-0.39, 0.29) is 33.2 Å². The molecule has 1 atom stereocenters. The molecule has 0 saturated carbocycles. The van der Waals surface area contributed by atoms with Gasteiger partial charge in [0.2, 0.25) is 0 Å². The van der Waals surface area contributed by atoms with E-state index in [1.807, 2.05) is 18.2 Å². The summed E-state index contributed by atoms with van der Waals surface area (Å²) >= 11 is 0. The molecule has 40 heavy (non-hydrogen) atoms. The third-order valence-corrected chi connectivity index (χ3v) is 83.9. The Hall–Kier alpha value is -0.162. The van der Waals surface area contributed by atoms with Gasteiger partial charge in [0.05, 0.1) is 14.2 Å². The minimum absolute atomic E-state index is 0.0681. The Morgan fingerprint density at radius 1 is 0.525 bits per heavy atom. The number of rotatable bonds is 9. The molecule has 8 heteroatoms. The predicted octanol–water partition coefficient (Wildman–Crippen LogP) is 11.8. The molecule has 0 spiro atoms. The van der Waals surface area contributed by atoms with E-state index in [2.05, 4.69) is 111 Å². The quantitative estimate of drug-likeness (QED) is 0.247. The van der Waals surface area contributed by atoms with Gasteiger partial charge in [-0.1, -0.05) is 163 Å². The first-order valence-corrected chi connectivity index (χ1v) is 27.5. The number of hydrogen-bond acceptors (Lipinski definition) is 1. The minimum atomic E-state index is -4.51. The van der Waals surface area contributed by atoms with Crippen LogP contribution in [0.25, 0.3) is 0 Å². The Balaban J connectivity index is 3.72. The van der Waals surface area contributed by atoms with Crippen molar-refractivity contribution in [3.05, 3.63) is 35.9 Å². The van der Waals surface area contributed by atoms with E-state index in [9.17, 15) is 0 Å². The molecule has 1 nitrogen and oxygen atoms in total. The Morgan fingerprint density at radius 3 is 1.12 bits per heavy atom. The molecule has 1 heterocycles. The summed E-state index contributed by atoms with van der Waals surface area (Å²) in [5.74, 6) is 0. The SMILES string of the molecule is CC(C)[Si]1(C(C)C)OC(c2ccccc2)(C(F)(F)F)[Si](C(C)C)(C(C)C)[Si](C(C)C)(C(C)C)[Si]1(C(C)C)C(C)C. The third kappa shape index (κ3) is 4.03. The van der Waals surface area contributed by atoms with Crippen LogP contribution in [0.15, 0.2) is 30.3 Å². The first-order chi connectivity index (χ1) is 18.1.